The van der Waals surface area contributed by atoms with E-state index in [1.807, 2.05) is 0 Å². The van der Waals surface area contributed by atoms with Crippen LogP contribution < -0.4 is 0 Å². The molecular weight excluding hydrogens is 219 g/mol. The Morgan fingerprint density at radius 1 is 1.88 bits per heavy atom. The molecule has 2 N–H and O–H groups in total. The minimum absolute atomic E-state index is 0.0377. The van der Waals surface area contributed by atoms with Crippen molar-refractivity contribution in [2.24, 2.45) is 0 Å². The highest BCUT2D eigenvalue weighted by Gasteiger charge is 1.92. The molecule has 8 heavy (non-hydrogen) atoms. The lowest BCUT2D eigenvalue weighted by Gasteiger charge is -1.79. The van der Waals surface area contributed by atoms with E-state index < -0.39 is 0 Å². The standard InChI is InChI=1S/C4H5IN2O/c5-4-1-3(2-8)6-7-4/h1,8H,2H2,(H,6,7). The van der Waals surface area contributed by atoms with Crippen LogP contribution in [0.15, 0.2) is 6.07 Å². The summed E-state index contributed by atoms with van der Waals surface area (Å²) < 4.78 is 0.881. The molecule has 44 valence electrons. The Hall–Kier alpha value is -0.100. The molecule has 4 heteroatoms. The van der Waals surface area contributed by atoms with Crippen LogP contribution >= 0.6 is 22.6 Å². The third-order valence-electron chi connectivity index (χ3n) is 0.770. The largest absolute Gasteiger partial charge is 0.390 e. The van der Waals surface area contributed by atoms with Crippen LogP contribution in [-0.4, -0.2) is 15.3 Å². The molecule has 0 aliphatic carbocycles. The minimum Gasteiger partial charge on any atom is -0.390 e. The number of aliphatic hydroxyl groups excluding tert-OH is 1. The Kier molecular flexibility index (Phi) is 1.85. The van der Waals surface area contributed by atoms with Crippen LogP contribution in [0.1, 0.15) is 5.69 Å². The van der Waals surface area contributed by atoms with Crippen molar-refractivity contribution in [2.45, 2.75) is 6.61 Å². The highest BCUT2D eigenvalue weighted by atomic mass is 127. The van der Waals surface area contributed by atoms with Gasteiger partial charge in [-0.2, -0.15) is 5.10 Å². The molecule has 0 saturated heterocycles. The summed E-state index contributed by atoms with van der Waals surface area (Å²) in [5.41, 5.74) is 0.759. The topological polar surface area (TPSA) is 48.9 Å². The zero-order valence-corrected chi connectivity index (χ0v) is 6.21. The van der Waals surface area contributed by atoms with Crippen LogP contribution in [0.25, 0.3) is 0 Å². The van der Waals surface area contributed by atoms with Gasteiger partial charge in [0.2, 0.25) is 0 Å². The predicted molar refractivity (Wildman–Crippen MR) is 37.2 cm³/mol. The molecule has 0 radical (unpaired) electrons. The molecule has 1 aromatic heterocycles. The van der Waals surface area contributed by atoms with E-state index in [0.29, 0.717) is 0 Å². The lowest BCUT2D eigenvalue weighted by Crippen LogP contribution is -1.79. The monoisotopic (exact) mass is 224 g/mol. The summed E-state index contributed by atoms with van der Waals surface area (Å²) in [7, 11) is 0. The molecule has 0 atom stereocenters. The summed E-state index contributed by atoms with van der Waals surface area (Å²) in [6, 6.07) is 1.79. The number of aromatic nitrogens is 2. The van der Waals surface area contributed by atoms with E-state index in [-0.39, 0.29) is 6.61 Å². The van der Waals surface area contributed by atoms with E-state index >= 15 is 0 Å². The van der Waals surface area contributed by atoms with Crippen LogP contribution in [0.2, 0.25) is 0 Å². The lowest BCUT2D eigenvalue weighted by atomic mass is 10.5. The van der Waals surface area contributed by atoms with Gasteiger partial charge >= 0.3 is 0 Å². The molecule has 1 aromatic rings. The summed E-state index contributed by atoms with van der Waals surface area (Å²) in [4.78, 5) is 0. The van der Waals surface area contributed by atoms with Crippen molar-refractivity contribution >= 4 is 22.6 Å². The molecule has 0 aliphatic rings. The molecule has 0 aromatic carbocycles. The number of hydrogen-bond acceptors (Lipinski definition) is 2. The van der Waals surface area contributed by atoms with E-state index in [0.717, 1.165) is 9.39 Å². The maximum absolute atomic E-state index is 8.48. The minimum atomic E-state index is 0.0377. The quantitative estimate of drug-likeness (QED) is 0.682. The van der Waals surface area contributed by atoms with E-state index in [4.69, 9.17) is 5.11 Å². The second kappa shape index (κ2) is 2.45. The molecule has 0 bridgehead atoms. The third-order valence-corrected chi connectivity index (χ3v) is 1.32. The molecule has 0 fully saturated rings. The Labute approximate surface area is 60.2 Å². The molecular formula is C4H5IN2O. The molecule has 0 aliphatic heterocycles. The van der Waals surface area contributed by atoms with E-state index in [2.05, 4.69) is 32.8 Å². The summed E-state index contributed by atoms with van der Waals surface area (Å²) in [6.07, 6.45) is 0. The van der Waals surface area contributed by atoms with E-state index in [9.17, 15) is 0 Å². The highest BCUT2D eigenvalue weighted by Crippen LogP contribution is 2.00. The van der Waals surface area contributed by atoms with E-state index in [1.54, 1.807) is 6.07 Å². The van der Waals surface area contributed by atoms with Gasteiger partial charge in [-0.15, -0.1) is 0 Å². The van der Waals surface area contributed by atoms with Gasteiger partial charge in [0.15, 0.2) is 0 Å². The molecule has 1 heterocycles. The Morgan fingerprint density at radius 2 is 2.62 bits per heavy atom. The maximum Gasteiger partial charge on any atom is 0.123 e. The first-order valence-corrected chi connectivity index (χ1v) is 3.21. The van der Waals surface area contributed by atoms with Crippen molar-refractivity contribution in [3.8, 4) is 0 Å². The SMILES string of the molecule is OCc1cc(I)n[nH]1. The van der Waals surface area contributed by atoms with Crippen molar-refractivity contribution in [1.29, 1.82) is 0 Å². The summed E-state index contributed by atoms with van der Waals surface area (Å²) in [5.74, 6) is 0. The molecule has 1 rings (SSSR count). The molecule has 0 amide bonds. The zero-order valence-electron chi connectivity index (χ0n) is 4.06. The van der Waals surface area contributed by atoms with Gasteiger partial charge in [-0.3, -0.25) is 5.10 Å². The second-order valence-electron chi connectivity index (χ2n) is 1.37. The summed E-state index contributed by atoms with van der Waals surface area (Å²) in [6.45, 7) is 0.0377. The van der Waals surface area contributed by atoms with Crippen molar-refractivity contribution in [2.75, 3.05) is 0 Å². The smallest absolute Gasteiger partial charge is 0.123 e. The number of nitrogens with one attached hydrogen (secondary N) is 1. The summed E-state index contributed by atoms with van der Waals surface area (Å²) in [5, 5.41) is 14.9. The van der Waals surface area contributed by atoms with Crippen molar-refractivity contribution in [3.05, 3.63) is 15.5 Å². The lowest BCUT2D eigenvalue weighted by molar-refractivity contribution is 0.276. The number of hydrogen-bond donors (Lipinski definition) is 2. The van der Waals surface area contributed by atoms with Gasteiger partial charge in [0.05, 0.1) is 12.3 Å². The first-order valence-electron chi connectivity index (χ1n) is 2.13. The van der Waals surface area contributed by atoms with Gasteiger partial charge in [0.1, 0.15) is 3.70 Å². The second-order valence-corrected chi connectivity index (χ2v) is 2.48. The average molecular weight is 224 g/mol. The van der Waals surface area contributed by atoms with Gasteiger partial charge in [-0.05, 0) is 28.7 Å². The normalized spacial score (nSPS) is 9.75. The van der Waals surface area contributed by atoms with Crippen molar-refractivity contribution < 1.29 is 5.11 Å². The number of aliphatic hydroxyl groups is 1. The molecule has 0 saturated carbocycles. The van der Waals surface area contributed by atoms with Crippen LogP contribution in [0.4, 0.5) is 0 Å². The Bertz CT molecular complexity index is 174. The van der Waals surface area contributed by atoms with Crippen LogP contribution in [-0.2, 0) is 6.61 Å². The highest BCUT2D eigenvalue weighted by molar-refractivity contribution is 14.1. The van der Waals surface area contributed by atoms with Crippen molar-refractivity contribution in [1.82, 2.24) is 10.2 Å². The van der Waals surface area contributed by atoms with Gasteiger partial charge in [-0.25, -0.2) is 0 Å². The van der Waals surface area contributed by atoms with Gasteiger partial charge in [0.25, 0.3) is 0 Å². The number of aromatic amines is 1. The van der Waals surface area contributed by atoms with Crippen LogP contribution in [0.5, 0.6) is 0 Å². The number of rotatable bonds is 1. The van der Waals surface area contributed by atoms with Gasteiger partial charge in [-0.1, -0.05) is 0 Å². The first-order chi connectivity index (χ1) is 3.83. The number of H-pyrrole nitrogens is 1. The van der Waals surface area contributed by atoms with E-state index in [1.165, 1.54) is 0 Å². The van der Waals surface area contributed by atoms with Gasteiger partial charge < -0.3 is 5.11 Å². The first kappa shape index (κ1) is 6.03. The number of nitrogens with zero attached hydrogens (tertiary/aromatic N) is 1. The fourth-order valence-corrected chi connectivity index (χ4v) is 0.911. The third kappa shape index (κ3) is 1.19. The molecule has 3 nitrogen and oxygen atoms in total. The Balaban J connectivity index is 2.84. The zero-order chi connectivity index (χ0) is 5.98. The van der Waals surface area contributed by atoms with Crippen molar-refractivity contribution in [3.63, 3.8) is 0 Å². The predicted octanol–water partition coefficient (Wildman–Crippen LogP) is 0.507. The fourth-order valence-electron chi connectivity index (χ4n) is 0.415. The average Bonchev–Trinajstić information content (AvgIpc) is 2.14. The maximum atomic E-state index is 8.48. The number of halogens is 1. The Morgan fingerprint density at radius 3 is 2.88 bits per heavy atom. The fraction of sp³-hybridized carbons (Fsp3) is 0.250. The summed E-state index contributed by atoms with van der Waals surface area (Å²) >= 11 is 2.07. The van der Waals surface area contributed by atoms with Crippen LogP contribution in [0, 0.1) is 3.70 Å². The molecule has 0 spiro atoms. The molecule has 0 unspecified atom stereocenters. The van der Waals surface area contributed by atoms with Crippen LogP contribution in [0.3, 0.4) is 0 Å². The van der Waals surface area contributed by atoms with Gasteiger partial charge in [0, 0.05) is 0 Å².